The number of fused-ring (bicyclic) bond motifs is 1. The van der Waals surface area contributed by atoms with E-state index >= 15 is 0 Å². The molecule has 2 aromatic rings. The number of likely N-dealkylation sites (N-methyl/N-ethyl adjacent to an activating group) is 1. The molecule has 4 nitrogen and oxygen atoms in total. The minimum Gasteiger partial charge on any atom is -0.317 e. The van der Waals surface area contributed by atoms with Crippen LogP contribution in [-0.4, -0.2) is 36.8 Å². The molecule has 26 heavy (non-hydrogen) atoms. The zero-order valence-corrected chi connectivity index (χ0v) is 15.6. The fourth-order valence-electron chi connectivity index (χ4n) is 3.91. The van der Waals surface area contributed by atoms with Crippen LogP contribution in [0.25, 0.3) is 0 Å². The standard InChI is InChI=1S/C21H22ClN3O/c1-2-25-18-9-8-16(22)14-17(18)19(15-6-4-3-5-7-15)24-21(20(25)26)10-12-23-13-11-21/h3-9,14,23H,2,10-13H2,1H3. The summed E-state index contributed by atoms with van der Waals surface area (Å²) in [6.07, 6.45) is 1.42. The van der Waals surface area contributed by atoms with E-state index in [9.17, 15) is 4.79 Å². The van der Waals surface area contributed by atoms with Gasteiger partial charge >= 0.3 is 0 Å². The number of nitrogens with one attached hydrogen (secondary N) is 1. The summed E-state index contributed by atoms with van der Waals surface area (Å²) in [6, 6.07) is 15.8. The predicted molar refractivity (Wildman–Crippen MR) is 106 cm³/mol. The van der Waals surface area contributed by atoms with Gasteiger partial charge < -0.3 is 10.2 Å². The first-order chi connectivity index (χ1) is 12.6. The Balaban J connectivity index is 1.99. The average molecular weight is 368 g/mol. The number of anilines is 1. The fourth-order valence-corrected chi connectivity index (χ4v) is 4.08. The number of halogens is 1. The summed E-state index contributed by atoms with van der Waals surface area (Å²) >= 11 is 6.32. The summed E-state index contributed by atoms with van der Waals surface area (Å²) in [6.45, 7) is 4.22. The van der Waals surface area contributed by atoms with Crippen molar-refractivity contribution in [1.82, 2.24) is 5.32 Å². The molecule has 0 aliphatic carbocycles. The van der Waals surface area contributed by atoms with Crippen LogP contribution in [0, 0.1) is 0 Å². The van der Waals surface area contributed by atoms with Gasteiger partial charge in [-0.25, -0.2) is 0 Å². The smallest absolute Gasteiger partial charge is 0.255 e. The molecule has 1 amide bonds. The van der Waals surface area contributed by atoms with Gasteiger partial charge in [-0.2, -0.15) is 0 Å². The highest BCUT2D eigenvalue weighted by Crippen LogP contribution is 2.37. The van der Waals surface area contributed by atoms with Gasteiger partial charge in [0.1, 0.15) is 5.54 Å². The van der Waals surface area contributed by atoms with E-state index < -0.39 is 5.54 Å². The molecule has 0 unspecified atom stereocenters. The van der Waals surface area contributed by atoms with Gasteiger partial charge in [0.2, 0.25) is 0 Å². The molecular weight excluding hydrogens is 346 g/mol. The van der Waals surface area contributed by atoms with Gasteiger partial charge in [0.05, 0.1) is 11.4 Å². The Bertz CT molecular complexity index is 857. The van der Waals surface area contributed by atoms with Crippen molar-refractivity contribution in [1.29, 1.82) is 0 Å². The molecular formula is C21H22ClN3O. The number of benzene rings is 2. The molecule has 2 aliphatic heterocycles. The minimum atomic E-state index is -0.710. The van der Waals surface area contributed by atoms with Crippen molar-refractivity contribution < 1.29 is 4.79 Å². The molecule has 2 aromatic carbocycles. The van der Waals surface area contributed by atoms with E-state index in [2.05, 4.69) is 5.32 Å². The number of piperidine rings is 1. The van der Waals surface area contributed by atoms with Gasteiger partial charge in [0.25, 0.3) is 5.91 Å². The number of hydrogen-bond acceptors (Lipinski definition) is 3. The highest BCUT2D eigenvalue weighted by Gasteiger charge is 2.45. The Morgan fingerprint density at radius 3 is 2.58 bits per heavy atom. The van der Waals surface area contributed by atoms with Crippen LogP contribution in [0.2, 0.25) is 5.02 Å². The molecule has 1 saturated heterocycles. The van der Waals surface area contributed by atoms with E-state index in [1.807, 2.05) is 60.4 Å². The lowest BCUT2D eigenvalue weighted by Gasteiger charge is -2.35. The van der Waals surface area contributed by atoms with Gasteiger partial charge in [-0.3, -0.25) is 9.79 Å². The van der Waals surface area contributed by atoms with E-state index in [-0.39, 0.29) is 5.91 Å². The fraction of sp³-hybridized carbons (Fsp3) is 0.333. The number of aliphatic imine (C=N–C) groups is 1. The molecule has 2 heterocycles. The summed E-state index contributed by atoms with van der Waals surface area (Å²) < 4.78 is 0. The number of amides is 1. The number of carbonyl (C=O) groups is 1. The maximum Gasteiger partial charge on any atom is 0.255 e. The first-order valence-corrected chi connectivity index (χ1v) is 9.50. The summed E-state index contributed by atoms with van der Waals surface area (Å²) in [5, 5.41) is 4.00. The molecule has 0 bridgehead atoms. The second-order valence-electron chi connectivity index (χ2n) is 6.82. The molecule has 4 rings (SSSR count). The number of rotatable bonds is 2. The van der Waals surface area contributed by atoms with Crippen LogP contribution < -0.4 is 10.2 Å². The van der Waals surface area contributed by atoms with E-state index in [0.29, 0.717) is 24.4 Å². The SMILES string of the molecule is CCN1C(=O)C2(CCNCC2)N=C(c2ccccc2)c2cc(Cl)ccc21. The van der Waals surface area contributed by atoms with Crippen LogP contribution in [0.3, 0.4) is 0 Å². The van der Waals surface area contributed by atoms with Crippen molar-refractivity contribution in [2.24, 2.45) is 4.99 Å². The van der Waals surface area contributed by atoms with Gasteiger partial charge in [-0.05, 0) is 51.1 Å². The topological polar surface area (TPSA) is 44.7 Å². The Morgan fingerprint density at radius 2 is 1.88 bits per heavy atom. The van der Waals surface area contributed by atoms with Crippen LogP contribution in [0.15, 0.2) is 53.5 Å². The summed E-state index contributed by atoms with van der Waals surface area (Å²) in [7, 11) is 0. The highest BCUT2D eigenvalue weighted by molar-refractivity contribution is 6.32. The largest absolute Gasteiger partial charge is 0.317 e. The van der Waals surface area contributed by atoms with Crippen LogP contribution in [-0.2, 0) is 4.79 Å². The molecule has 2 aliphatic rings. The van der Waals surface area contributed by atoms with Crippen LogP contribution >= 0.6 is 11.6 Å². The number of carbonyl (C=O) groups excluding carboxylic acids is 1. The third-order valence-corrected chi connectivity index (χ3v) is 5.50. The Hall–Kier alpha value is -2.17. The van der Waals surface area contributed by atoms with Crippen LogP contribution in [0.5, 0.6) is 0 Å². The van der Waals surface area contributed by atoms with Gasteiger partial charge in [0, 0.05) is 22.7 Å². The van der Waals surface area contributed by atoms with E-state index in [1.165, 1.54) is 0 Å². The zero-order valence-electron chi connectivity index (χ0n) is 14.8. The predicted octanol–water partition coefficient (Wildman–Crippen LogP) is 3.67. The van der Waals surface area contributed by atoms with Crippen LogP contribution in [0.1, 0.15) is 30.9 Å². The Kier molecular flexibility index (Phi) is 4.55. The van der Waals surface area contributed by atoms with Crippen molar-refractivity contribution >= 4 is 28.9 Å². The van der Waals surface area contributed by atoms with E-state index in [4.69, 9.17) is 16.6 Å². The second-order valence-corrected chi connectivity index (χ2v) is 7.26. The van der Waals surface area contributed by atoms with E-state index in [1.54, 1.807) is 0 Å². The normalized spacial score (nSPS) is 19.1. The Morgan fingerprint density at radius 1 is 1.15 bits per heavy atom. The average Bonchev–Trinajstić information content (AvgIpc) is 2.77. The maximum absolute atomic E-state index is 13.5. The summed E-state index contributed by atoms with van der Waals surface area (Å²) in [4.78, 5) is 20.5. The van der Waals surface area contributed by atoms with E-state index in [0.717, 1.165) is 35.6 Å². The highest BCUT2D eigenvalue weighted by atomic mass is 35.5. The lowest BCUT2D eigenvalue weighted by atomic mass is 9.87. The Labute approximate surface area is 158 Å². The molecule has 0 saturated carbocycles. The van der Waals surface area contributed by atoms with Crippen molar-refractivity contribution in [2.45, 2.75) is 25.3 Å². The first-order valence-electron chi connectivity index (χ1n) is 9.12. The van der Waals surface area contributed by atoms with Crippen molar-refractivity contribution in [3.63, 3.8) is 0 Å². The second kappa shape index (κ2) is 6.86. The maximum atomic E-state index is 13.5. The van der Waals surface area contributed by atoms with Crippen molar-refractivity contribution in [3.8, 4) is 0 Å². The quantitative estimate of drug-likeness (QED) is 0.880. The minimum absolute atomic E-state index is 0.0935. The zero-order chi connectivity index (χ0) is 18.1. The van der Waals surface area contributed by atoms with Crippen LogP contribution in [0.4, 0.5) is 5.69 Å². The third-order valence-electron chi connectivity index (χ3n) is 5.27. The molecule has 5 heteroatoms. The molecule has 1 N–H and O–H groups in total. The number of nitrogens with zero attached hydrogens (tertiary/aromatic N) is 2. The summed E-state index contributed by atoms with van der Waals surface area (Å²) in [5.74, 6) is 0.0935. The molecule has 1 spiro atoms. The van der Waals surface area contributed by atoms with Gasteiger partial charge in [-0.15, -0.1) is 0 Å². The monoisotopic (exact) mass is 367 g/mol. The number of hydrogen-bond donors (Lipinski definition) is 1. The van der Waals surface area contributed by atoms with Gasteiger partial charge in [-0.1, -0.05) is 41.9 Å². The lowest BCUT2D eigenvalue weighted by Crippen LogP contribution is -2.53. The lowest BCUT2D eigenvalue weighted by molar-refractivity contribution is -0.124. The molecule has 1 fully saturated rings. The first kappa shape index (κ1) is 17.3. The van der Waals surface area contributed by atoms with Gasteiger partial charge in [0.15, 0.2) is 0 Å². The molecule has 0 radical (unpaired) electrons. The van der Waals surface area contributed by atoms with Crippen molar-refractivity contribution in [3.05, 3.63) is 64.7 Å². The van der Waals surface area contributed by atoms with Crippen molar-refractivity contribution in [2.75, 3.05) is 24.5 Å². The summed E-state index contributed by atoms with van der Waals surface area (Å²) in [5.41, 5.74) is 2.97. The molecule has 0 aromatic heterocycles. The molecule has 0 atom stereocenters. The molecule has 134 valence electrons. The third kappa shape index (κ3) is 2.83.